The minimum atomic E-state index is -0.373. The predicted octanol–water partition coefficient (Wildman–Crippen LogP) is 3.24. The molecule has 2 atom stereocenters. The lowest BCUT2D eigenvalue weighted by Crippen LogP contribution is -2.25. The highest BCUT2D eigenvalue weighted by Crippen LogP contribution is 2.17. The first-order valence-corrected chi connectivity index (χ1v) is 7.40. The molecule has 1 rings (SSSR count). The van der Waals surface area contributed by atoms with Gasteiger partial charge in [-0.2, -0.15) is 11.8 Å². The van der Waals surface area contributed by atoms with E-state index in [2.05, 4.69) is 25.4 Å². The van der Waals surface area contributed by atoms with Crippen molar-refractivity contribution < 1.29 is 4.92 Å². The van der Waals surface area contributed by atoms with Crippen molar-refractivity contribution in [2.24, 2.45) is 5.92 Å². The molecule has 0 heterocycles. The molecular weight excluding hydrogens is 248 g/mol. The molecular formula is C13H20N2O2S. The number of hydrogen-bond donors (Lipinski definition) is 1. The topological polar surface area (TPSA) is 55.2 Å². The van der Waals surface area contributed by atoms with Gasteiger partial charge >= 0.3 is 0 Å². The molecule has 0 aliphatic heterocycles. The summed E-state index contributed by atoms with van der Waals surface area (Å²) >= 11 is 1.85. The molecule has 1 aromatic rings. The minimum Gasteiger partial charge on any atom is -0.310 e. The van der Waals surface area contributed by atoms with Crippen molar-refractivity contribution in [3.05, 3.63) is 39.9 Å². The number of non-ortho nitro benzene ring substituents is 1. The van der Waals surface area contributed by atoms with Crippen LogP contribution in [-0.2, 0) is 0 Å². The Kier molecular flexibility index (Phi) is 6.15. The maximum Gasteiger partial charge on any atom is 0.269 e. The molecule has 1 aromatic carbocycles. The molecule has 18 heavy (non-hydrogen) atoms. The van der Waals surface area contributed by atoms with Gasteiger partial charge in [-0.3, -0.25) is 10.1 Å². The van der Waals surface area contributed by atoms with Crippen LogP contribution in [-0.4, -0.2) is 23.5 Å². The zero-order valence-corrected chi connectivity index (χ0v) is 11.9. The molecule has 0 aliphatic carbocycles. The number of nitro benzene ring substituents is 1. The second-order valence-electron chi connectivity index (χ2n) is 4.54. The Morgan fingerprint density at radius 2 is 1.94 bits per heavy atom. The van der Waals surface area contributed by atoms with Crippen LogP contribution in [0.4, 0.5) is 5.69 Å². The van der Waals surface area contributed by atoms with Crippen LogP contribution in [0.1, 0.15) is 25.5 Å². The molecule has 0 amide bonds. The summed E-state index contributed by atoms with van der Waals surface area (Å²) in [6.07, 6.45) is 2.11. The second-order valence-corrected chi connectivity index (χ2v) is 5.45. The van der Waals surface area contributed by atoms with Gasteiger partial charge in [0.25, 0.3) is 5.69 Å². The monoisotopic (exact) mass is 268 g/mol. The largest absolute Gasteiger partial charge is 0.310 e. The zero-order chi connectivity index (χ0) is 13.5. The predicted molar refractivity (Wildman–Crippen MR) is 77.1 cm³/mol. The Morgan fingerprint density at radius 1 is 1.33 bits per heavy atom. The van der Waals surface area contributed by atoms with Crippen molar-refractivity contribution in [1.82, 2.24) is 5.32 Å². The Balaban J connectivity index is 2.51. The first kappa shape index (κ1) is 15.0. The van der Waals surface area contributed by atoms with Crippen molar-refractivity contribution >= 4 is 17.4 Å². The maximum absolute atomic E-state index is 10.6. The molecule has 100 valence electrons. The number of benzene rings is 1. The Morgan fingerprint density at radius 3 is 2.44 bits per heavy atom. The van der Waals surface area contributed by atoms with Crippen molar-refractivity contribution in [2.75, 3.05) is 18.6 Å². The van der Waals surface area contributed by atoms with E-state index in [1.807, 2.05) is 23.9 Å². The minimum absolute atomic E-state index is 0.140. The zero-order valence-electron chi connectivity index (χ0n) is 11.1. The normalized spacial score (nSPS) is 14.2. The molecule has 0 saturated carbocycles. The van der Waals surface area contributed by atoms with Crippen molar-refractivity contribution in [3.63, 3.8) is 0 Å². The molecule has 0 bridgehead atoms. The third kappa shape index (κ3) is 4.66. The number of thioether (sulfide) groups is 1. The summed E-state index contributed by atoms with van der Waals surface area (Å²) in [5.74, 6) is 1.76. The second kappa shape index (κ2) is 7.38. The van der Waals surface area contributed by atoms with E-state index in [9.17, 15) is 10.1 Å². The van der Waals surface area contributed by atoms with Crippen LogP contribution in [0.3, 0.4) is 0 Å². The third-order valence-corrected chi connectivity index (χ3v) is 3.73. The number of hydrogen-bond acceptors (Lipinski definition) is 4. The molecule has 0 saturated heterocycles. The van der Waals surface area contributed by atoms with Crippen LogP contribution in [0, 0.1) is 16.0 Å². The summed E-state index contributed by atoms with van der Waals surface area (Å²) in [6.45, 7) is 5.25. The van der Waals surface area contributed by atoms with Gasteiger partial charge in [0.1, 0.15) is 0 Å². The van der Waals surface area contributed by atoms with Gasteiger partial charge in [-0.25, -0.2) is 0 Å². The summed E-state index contributed by atoms with van der Waals surface area (Å²) in [5, 5.41) is 14.0. The average molecular weight is 268 g/mol. The highest BCUT2D eigenvalue weighted by molar-refractivity contribution is 7.98. The fraction of sp³-hybridized carbons (Fsp3) is 0.538. The van der Waals surface area contributed by atoms with Gasteiger partial charge in [-0.05, 0) is 37.0 Å². The maximum atomic E-state index is 10.6. The van der Waals surface area contributed by atoms with E-state index in [1.54, 1.807) is 12.1 Å². The van der Waals surface area contributed by atoms with Gasteiger partial charge in [0.05, 0.1) is 4.92 Å². The van der Waals surface area contributed by atoms with Crippen molar-refractivity contribution in [3.8, 4) is 0 Å². The summed E-state index contributed by atoms with van der Waals surface area (Å²) in [4.78, 5) is 10.2. The quantitative estimate of drug-likeness (QED) is 0.609. The fourth-order valence-corrected chi connectivity index (χ4v) is 2.41. The van der Waals surface area contributed by atoms with Crippen LogP contribution in [0.15, 0.2) is 24.3 Å². The highest BCUT2D eigenvalue weighted by atomic mass is 32.2. The van der Waals surface area contributed by atoms with Gasteiger partial charge in [0.2, 0.25) is 0 Å². The number of nitrogens with one attached hydrogen (secondary N) is 1. The van der Waals surface area contributed by atoms with Gasteiger partial charge in [-0.1, -0.05) is 19.1 Å². The van der Waals surface area contributed by atoms with Gasteiger partial charge in [0, 0.05) is 18.2 Å². The van der Waals surface area contributed by atoms with E-state index in [4.69, 9.17) is 0 Å². The fourth-order valence-electron chi connectivity index (χ4n) is 1.72. The third-order valence-electron chi connectivity index (χ3n) is 2.83. The molecule has 0 radical (unpaired) electrons. The molecule has 1 N–H and O–H groups in total. The van der Waals surface area contributed by atoms with Crippen LogP contribution in [0.25, 0.3) is 0 Å². The van der Waals surface area contributed by atoms with Crippen LogP contribution < -0.4 is 5.32 Å². The molecule has 0 aromatic heterocycles. The lowest BCUT2D eigenvalue weighted by atomic mass is 10.1. The average Bonchev–Trinajstić information content (AvgIpc) is 2.36. The first-order chi connectivity index (χ1) is 8.54. The number of nitrogens with zero attached hydrogens (tertiary/aromatic N) is 1. The van der Waals surface area contributed by atoms with Crippen molar-refractivity contribution in [1.29, 1.82) is 0 Å². The standard InChI is InChI=1S/C13H20N2O2S/c1-10(9-18-3)8-14-11(2)12-4-6-13(7-5-12)15(16)17/h4-7,10-11,14H,8-9H2,1-3H3. The Hall–Kier alpha value is -1.07. The molecule has 5 heteroatoms. The molecule has 2 unspecified atom stereocenters. The molecule has 4 nitrogen and oxygen atoms in total. The van der Waals surface area contributed by atoms with E-state index >= 15 is 0 Å². The Labute approximate surface area is 112 Å². The molecule has 0 aliphatic rings. The van der Waals surface area contributed by atoms with E-state index in [0.29, 0.717) is 5.92 Å². The smallest absolute Gasteiger partial charge is 0.269 e. The van der Waals surface area contributed by atoms with Crippen LogP contribution in [0.2, 0.25) is 0 Å². The first-order valence-electron chi connectivity index (χ1n) is 6.01. The lowest BCUT2D eigenvalue weighted by Gasteiger charge is -2.17. The van der Waals surface area contributed by atoms with Gasteiger partial charge in [-0.15, -0.1) is 0 Å². The van der Waals surface area contributed by atoms with E-state index in [-0.39, 0.29) is 16.7 Å². The van der Waals surface area contributed by atoms with Crippen molar-refractivity contribution in [2.45, 2.75) is 19.9 Å². The Bertz CT molecular complexity index is 381. The lowest BCUT2D eigenvalue weighted by molar-refractivity contribution is -0.384. The molecule has 0 spiro atoms. The molecule has 0 fully saturated rings. The number of nitro groups is 1. The van der Waals surface area contributed by atoms with Gasteiger partial charge in [0.15, 0.2) is 0 Å². The number of rotatable bonds is 7. The van der Waals surface area contributed by atoms with Gasteiger partial charge < -0.3 is 5.32 Å². The van der Waals surface area contributed by atoms with E-state index in [1.165, 1.54) is 0 Å². The van der Waals surface area contributed by atoms with E-state index in [0.717, 1.165) is 17.9 Å². The summed E-state index contributed by atoms with van der Waals surface area (Å²) in [5.41, 5.74) is 1.22. The van der Waals surface area contributed by atoms with Crippen LogP contribution >= 0.6 is 11.8 Å². The van der Waals surface area contributed by atoms with E-state index < -0.39 is 0 Å². The SMILES string of the molecule is CSCC(C)CNC(C)c1ccc([N+](=O)[O-])cc1. The van der Waals surface area contributed by atoms with Crippen LogP contribution in [0.5, 0.6) is 0 Å². The summed E-state index contributed by atoms with van der Waals surface area (Å²) in [6, 6.07) is 6.96. The summed E-state index contributed by atoms with van der Waals surface area (Å²) < 4.78 is 0. The summed E-state index contributed by atoms with van der Waals surface area (Å²) in [7, 11) is 0. The highest BCUT2D eigenvalue weighted by Gasteiger charge is 2.09.